The van der Waals surface area contributed by atoms with Gasteiger partial charge in [-0.15, -0.1) is 0 Å². The summed E-state index contributed by atoms with van der Waals surface area (Å²) >= 11 is 0. The van der Waals surface area contributed by atoms with Gasteiger partial charge >= 0.3 is 24.6 Å². The first-order valence-electron chi connectivity index (χ1n) is 14.7. The van der Waals surface area contributed by atoms with E-state index in [0.717, 1.165) is 30.0 Å². The molecule has 4 nitrogen and oxygen atoms in total. The van der Waals surface area contributed by atoms with E-state index >= 15 is 0 Å². The van der Waals surface area contributed by atoms with Crippen molar-refractivity contribution in [2.24, 2.45) is 11.8 Å². The van der Waals surface area contributed by atoms with Crippen LogP contribution in [0.4, 0.5) is 48.7 Å². The zero-order valence-electron chi connectivity index (χ0n) is 25.8. The zero-order chi connectivity index (χ0) is 35.0. The summed E-state index contributed by atoms with van der Waals surface area (Å²) < 4.78 is 151. The molecule has 0 N–H and O–H groups in total. The van der Waals surface area contributed by atoms with Crippen LogP contribution in [0.5, 0.6) is 5.75 Å². The molecule has 3 atom stereocenters. The van der Waals surface area contributed by atoms with E-state index in [1.165, 1.54) is 20.1 Å². The number of halogens is 10. The van der Waals surface area contributed by atoms with Crippen molar-refractivity contribution in [3.05, 3.63) is 75.6 Å². The molecule has 14 heteroatoms. The molecule has 1 amide bonds. The van der Waals surface area contributed by atoms with Crippen LogP contribution in [0.15, 0.2) is 47.6 Å². The summed E-state index contributed by atoms with van der Waals surface area (Å²) in [4.78, 5) is 14.5. The van der Waals surface area contributed by atoms with E-state index in [-0.39, 0.29) is 64.0 Å². The molecule has 2 aromatic carbocycles. The van der Waals surface area contributed by atoms with E-state index in [9.17, 15) is 48.7 Å². The molecule has 3 aliphatic rings. The summed E-state index contributed by atoms with van der Waals surface area (Å²) in [6.07, 6.45) is -16.6. The van der Waals surface area contributed by atoms with Crippen LogP contribution < -0.4 is 4.74 Å². The first-order chi connectivity index (χ1) is 21.6. The summed E-state index contributed by atoms with van der Waals surface area (Å²) in [5.41, 5.74) is -3.60. The maximum Gasteiger partial charge on any atom is 0.416 e. The third-order valence-electron chi connectivity index (χ3n) is 9.26. The second-order valence-electron chi connectivity index (χ2n) is 12.6. The van der Waals surface area contributed by atoms with Crippen molar-refractivity contribution in [3.8, 4) is 16.9 Å². The third-order valence-corrected chi connectivity index (χ3v) is 9.26. The highest BCUT2D eigenvalue weighted by atomic mass is 19.4. The van der Waals surface area contributed by atoms with Crippen LogP contribution in [-0.2, 0) is 17.5 Å². The number of carbonyl (C=O) groups excluding carboxylic acids is 1. The predicted molar refractivity (Wildman–Crippen MR) is 151 cm³/mol. The molecule has 1 aliphatic heterocycles. The number of methoxy groups -OCH3 is 1. The number of nitrogens with zero attached hydrogens (tertiary/aromatic N) is 1. The van der Waals surface area contributed by atoms with Crippen molar-refractivity contribution in [1.29, 1.82) is 0 Å². The highest BCUT2D eigenvalue weighted by molar-refractivity contribution is 5.79. The van der Waals surface area contributed by atoms with Gasteiger partial charge in [0, 0.05) is 11.6 Å². The van der Waals surface area contributed by atoms with Gasteiger partial charge in [0.05, 0.1) is 36.2 Å². The monoisotopic (exact) mass is 679 g/mol. The Balaban J connectivity index is 1.63. The molecule has 2 unspecified atom stereocenters. The maximum absolute atomic E-state index is 14.9. The topological polar surface area (TPSA) is 38.8 Å². The summed E-state index contributed by atoms with van der Waals surface area (Å²) in [5, 5.41) is 0. The largest absolute Gasteiger partial charge is 0.496 e. The summed E-state index contributed by atoms with van der Waals surface area (Å²) in [6.45, 7) is 5.41. The molecular formula is C33H31F10NO3. The first-order valence-corrected chi connectivity index (χ1v) is 14.7. The molecule has 47 heavy (non-hydrogen) atoms. The van der Waals surface area contributed by atoms with Gasteiger partial charge in [-0.2, -0.15) is 39.5 Å². The Bertz CT molecular complexity index is 1650. The Labute approximate surface area is 264 Å². The van der Waals surface area contributed by atoms with Crippen LogP contribution in [0.25, 0.3) is 11.1 Å². The second-order valence-corrected chi connectivity index (χ2v) is 12.6. The van der Waals surface area contributed by atoms with Gasteiger partial charge in [0.25, 0.3) is 0 Å². The molecule has 2 aliphatic carbocycles. The lowest BCUT2D eigenvalue weighted by Gasteiger charge is -2.35. The highest BCUT2D eigenvalue weighted by Crippen LogP contribution is 2.57. The van der Waals surface area contributed by atoms with Gasteiger partial charge in [0.1, 0.15) is 17.7 Å². The number of amides is 1. The van der Waals surface area contributed by atoms with Gasteiger partial charge in [-0.25, -0.2) is 9.18 Å². The Morgan fingerprint density at radius 1 is 1.00 bits per heavy atom. The zero-order valence-corrected chi connectivity index (χ0v) is 25.8. The molecule has 5 rings (SSSR count). The number of rotatable bonds is 6. The molecule has 2 aromatic rings. The van der Waals surface area contributed by atoms with E-state index in [2.05, 4.69) is 0 Å². The molecule has 256 valence electrons. The number of ether oxygens (including phenoxy) is 2. The van der Waals surface area contributed by atoms with Crippen molar-refractivity contribution < 1.29 is 58.2 Å². The SMILES string of the molecule is COc1cc(F)c(C(C)C)cc1-c1c(C)cc(C(F)(F)F)cc1CN1C(=O)O[C@H](C2=CC(C(F)(F)F)=CC(C(F)(F)F)C2C)C12CC2. The molecular weight excluding hydrogens is 648 g/mol. The lowest BCUT2D eigenvalue weighted by molar-refractivity contribution is -0.172. The van der Waals surface area contributed by atoms with E-state index in [0.29, 0.717) is 6.08 Å². The van der Waals surface area contributed by atoms with Gasteiger partial charge in [-0.1, -0.05) is 26.8 Å². The standard InChI is InChI=1S/C33H31F10NO3/c1-15(2)21-12-23(26(46-5)13-25(21)34)27-16(3)8-19(31(35,36)37)9-18(27)14-44-29(45)47-28(30(44)6-7-30)22-10-20(32(38,39)40)11-24(17(22)4)33(41,42)43/h8-13,15,17,24,28H,6-7,14H2,1-5H3/t17?,24?,28-/m1/s1. The van der Waals surface area contributed by atoms with Crippen LogP contribution in [0.2, 0.25) is 0 Å². The number of benzene rings is 2. The molecule has 0 aromatic heterocycles. The van der Waals surface area contributed by atoms with Crippen molar-refractivity contribution in [1.82, 2.24) is 4.90 Å². The summed E-state index contributed by atoms with van der Waals surface area (Å²) in [6, 6.07) is 4.27. The Morgan fingerprint density at radius 2 is 1.64 bits per heavy atom. The predicted octanol–water partition coefficient (Wildman–Crippen LogP) is 10.0. The minimum Gasteiger partial charge on any atom is -0.496 e. The Hall–Kier alpha value is -3.71. The number of hydrogen-bond donors (Lipinski definition) is 0. The minimum absolute atomic E-state index is 0.00450. The van der Waals surface area contributed by atoms with Gasteiger partial charge in [-0.3, -0.25) is 4.90 Å². The number of carbonyl (C=O) groups is 1. The fraction of sp³-hybridized carbons (Fsp3) is 0.485. The highest BCUT2D eigenvalue weighted by Gasteiger charge is 2.65. The van der Waals surface area contributed by atoms with Crippen molar-refractivity contribution in [2.75, 3.05) is 7.11 Å². The lowest BCUT2D eigenvalue weighted by atomic mass is 9.76. The Morgan fingerprint density at radius 3 is 2.15 bits per heavy atom. The second kappa shape index (κ2) is 11.5. The number of hydrogen-bond acceptors (Lipinski definition) is 3. The minimum atomic E-state index is -5.12. The number of alkyl halides is 9. The molecule has 1 saturated carbocycles. The number of cyclic esters (lactones) is 1. The maximum atomic E-state index is 14.9. The van der Waals surface area contributed by atoms with Crippen LogP contribution >= 0.6 is 0 Å². The van der Waals surface area contributed by atoms with Crippen molar-refractivity contribution in [3.63, 3.8) is 0 Å². The molecule has 1 spiro atoms. The van der Waals surface area contributed by atoms with Crippen LogP contribution in [0.3, 0.4) is 0 Å². The van der Waals surface area contributed by atoms with Gasteiger partial charge in [0.15, 0.2) is 0 Å². The fourth-order valence-electron chi connectivity index (χ4n) is 6.71. The third kappa shape index (κ3) is 6.19. The quantitative estimate of drug-likeness (QED) is 0.286. The van der Waals surface area contributed by atoms with Gasteiger partial charge in [0.2, 0.25) is 0 Å². The smallest absolute Gasteiger partial charge is 0.416 e. The summed E-state index contributed by atoms with van der Waals surface area (Å²) in [7, 11) is 1.25. The average Bonchev–Trinajstić information content (AvgIpc) is 3.69. The Kier molecular flexibility index (Phi) is 8.45. The van der Waals surface area contributed by atoms with Crippen molar-refractivity contribution in [2.45, 2.75) is 83.2 Å². The normalized spacial score (nSPS) is 22.9. The van der Waals surface area contributed by atoms with Crippen LogP contribution in [0, 0.1) is 24.6 Å². The summed E-state index contributed by atoms with van der Waals surface area (Å²) in [5.74, 6) is -4.97. The van der Waals surface area contributed by atoms with E-state index in [1.807, 2.05) is 0 Å². The molecule has 1 saturated heterocycles. The van der Waals surface area contributed by atoms with Crippen molar-refractivity contribution >= 4 is 6.09 Å². The molecule has 2 fully saturated rings. The fourth-order valence-corrected chi connectivity index (χ4v) is 6.71. The average molecular weight is 680 g/mol. The van der Waals surface area contributed by atoms with Gasteiger partial charge in [-0.05, 0) is 83.7 Å². The molecule has 0 bridgehead atoms. The van der Waals surface area contributed by atoms with E-state index < -0.39 is 71.6 Å². The molecule has 1 heterocycles. The van der Waals surface area contributed by atoms with Gasteiger partial charge < -0.3 is 9.47 Å². The lowest BCUT2D eigenvalue weighted by Crippen LogP contribution is -2.43. The van der Waals surface area contributed by atoms with Crippen LogP contribution in [0.1, 0.15) is 61.8 Å². The molecule has 0 radical (unpaired) electrons. The van der Waals surface area contributed by atoms with E-state index in [1.54, 1.807) is 13.8 Å². The van der Waals surface area contributed by atoms with Crippen LogP contribution in [-0.4, -0.2) is 42.1 Å². The van der Waals surface area contributed by atoms with E-state index in [4.69, 9.17) is 9.47 Å². The number of allylic oxidation sites excluding steroid dienone is 3. The first kappa shape index (κ1) is 34.6. The number of aryl methyl sites for hydroxylation is 1.